The molecule has 1 aliphatic rings. The second-order valence-electron chi connectivity index (χ2n) is 14.0. The molecule has 0 heteroatoms. The van der Waals surface area contributed by atoms with E-state index >= 15 is 0 Å². The number of allylic oxidation sites excluding steroid dienone is 5. The molecule has 256 valence electrons. The van der Waals surface area contributed by atoms with Gasteiger partial charge in [-0.05, 0) is 107 Å². The maximum Gasteiger partial charge on any atom is -0.00261 e. The first-order valence-corrected chi connectivity index (χ1v) is 18.9. The van der Waals surface area contributed by atoms with Gasteiger partial charge in [-0.2, -0.15) is 0 Å². The Hall–Kier alpha value is -6.76. The zero-order valence-corrected chi connectivity index (χ0v) is 30.2. The lowest BCUT2D eigenvalue weighted by Gasteiger charge is -2.19. The second kappa shape index (κ2) is 15.1. The minimum absolute atomic E-state index is 1.10. The summed E-state index contributed by atoms with van der Waals surface area (Å²) in [4.78, 5) is 0. The van der Waals surface area contributed by atoms with Crippen LogP contribution in [0.3, 0.4) is 0 Å². The van der Waals surface area contributed by atoms with Crippen LogP contribution in [0.4, 0.5) is 0 Å². The number of fused-ring (bicyclic) bond motifs is 2. The smallest absolute Gasteiger partial charge is 0.00261 e. The lowest BCUT2D eigenvalue weighted by Crippen LogP contribution is -1.92. The summed E-state index contributed by atoms with van der Waals surface area (Å²) in [5.41, 5.74) is 14.8. The van der Waals surface area contributed by atoms with Crippen molar-refractivity contribution >= 4 is 39.8 Å². The predicted octanol–water partition coefficient (Wildman–Crippen LogP) is 15.1. The molecule has 0 aliphatic heterocycles. The van der Waals surface area contributed by atoms with Gasteiger partial charge in [0.15, 0.2) is 0 Å². The molecule has 0 heterocycles. The third-order valence-electron chi connectivity index (χ3n) is 10.5. The van der Waals surface area contributed by atoms with Crippen LogP contribution >= 0.6 is 0 Å². The molecule has 0 spiro atoms. The van der Waals surface area contributed by atoms with Crippen LogP contribution in [0.25, 0.3) is 84.3 Å². The summed E-state index contributed by atoms with van der Waals surface area (Å²) >= 11 is 0. The van der Waals surface area contributed by atoms with Crippen LogP contribution < -0.4 is 0 Å². The average Bonchev–Trinajstić information content (AvgIpc) is 3.25. The van der Waals surface area contributed by atoms with Crippen molar-refractivity contribution in [2.45, 2.75) is 12.8 Å². The zero-order chi connectivity index (χ0) is 36.1. The molecule has 0 amide bonds. The summed E-state index contributed by atoms with van der Waals surface area (Å²) in [6, 6.07) is 64.2. The van der Waals surface area contributed by atoms with E-state index in [-0.39, 0.29) is 0 Å². The van der Waals surface area contributed by atoms with Crippen molar-refractivity contribution in [2.24, 2.45) is 0 Å². The van der Waals surface area contributed by atoms with Gasteiger partial charge in [-0.1, -0.05) is 212 Å². The maximum absolute atomic E-state index is 2.43. The minimum Gasteiger partial charge on any atom is -0.0842 e. The van der Waals surface area contributed by atoms with E-state index in [1.165, 1.54) is 88.3 Å². The highest BCUT2D eigenvalue weighted by Crippen LogP contribution is 2.45. The highest BCUT2D eigenvalue weighted by atomic mass is 14.2. The molecule has 54 heavy (non-hydrogen) atoms. The Balaban J connectivity index is 1.22. The first-order valence-electron chi connectivity index (χ1n) is 18.9. The largest absolute Gasteiger partial charge is 0.0842 e. The topological polar surface area (TPSA) is 0 Å². The molecule has 0 nitrogen and oxygen atoms in total. The Bertz CT molecular complexity index is 2700. The molecule has 0 radical (unpaired) electrons. The standard InChI is InChI=1S/C54H40/c1-4-14-39(15-5-1)24-26-41-28-32-44(33-29-41)53-49-22-12-13-23-50(49)54(45-34-30-42(31-35-45)27-25-40-16-6-2-7-17-40)52-38-46(36-37-51(52)53)48-21-11-10-20-47(48)43-18-8-3-9-19-43/h1-4,6-14,16-38H,5,15H2/b26-24+,27-25+. The molecule has 8 aromatic rings. The van der Waals surface area contributed by atoms with Gasteiger partial charge in [-0.15, -0.1) is 0 Å². The molecule has 0 saturated heterocycles. The predicted molar refractivity (Wildman–Crippen MR) is 234 cm³/mol. The van der Waals surface area contributed by atoms with Crippen molar-refractivity contribution in [3.8, 4) is 44.5 Å². The number of hydrogen-bond acceptors (Lipinski definition) is 0. The van der Waals surface area contributed by atoms with Gasteiger partial charge in [0.2, 0.25) is 0 Å². The van der Waals surface area contributed by atoms with E-state index in [2.05, 4.69) is 218 Å². The number of rotatable bonds is 8. The molecule has 0 bridgehead atoms. The van der Waals surface area contributed by atoms with Gasteiger partial charge in [-0.3, -0.25) is 0 Å². The summed E-state index contributed by atoms with van der Waals surface area (Å²) in [6.45, 7) is 0. The maximum atomic E-state index is 2.43. The van der Waals surface area contributed by atoms with E-state index in [0.29, 0.717) is 0 Å². The third-order valence-corrected chi connectivity index (χ3v) is 10.5. The summed E-state index contributed by atoms with van der Waals surface area (Å²) in [7, 11) is 0. The summed E-state index contributed by atoms with van der Waals surface area (Å²) < 4.78 is 0. The van der Waals surface area contributed by atoms with Crippen LogP contribution in [-0.2, 0) is 0 Å². The SMILES string of the molecule is C1=CCCC(/C=C/c2ccc(-c3c4ccccc4c(-c4ccc(/C=C/c5ccccc5)cc4)c4cc(-c5ccccc5-c5ccccc5)ccc34)cc2)=C1. The van der Waals surface area contributed by atoms with Crippen LogP contribution in [0, 0.1) is 0 Å². The van der Waals surface area contributed by atoms with Crippen molar-refractivity contribution in [3.05, 3.63) is 222 Å². The van der Waals surface area contributed by atoms with Crippen LogP contribution in [0.15, 0.2) is 206 Å². The Morgan fingerprint density at radius 1 is 0.352 bits per heavy atom. The van der Waals surface area contributed by atoms with Gasteiger partial charge in [0.1, 0.15) is 0 Å². The fraction of sp³-hybridized carbons (Fsp3) is 0.0370. The molecule has 1 aliphatic carbocycles. The quantitative estimate of drug-likeness (QED) is 0.110. The number of hydrogen-bond donors (Lipinski definition) is 0. The lowest BCUT2D eigenvalue weighted by molar-refractivity contribution is 0.992. The van der Waals surface area contributed by atoms with Gasteiger partial charge in [0.25, 0.3) is 0 Å². The Morgan fingerprint density at radius 3 is 1.44 bits per heavy atom. The van der Waals surface area contributed by atoms with E-state index in [1.807, 2.05) is 0 Å². The first-order chi connectivity index (χ1) is 26.8. The summed E-state index contributed by atoms with van der Waals surface area (Å²) in [6.07, 6.45) is 17.7. The van der Waals surface area contributed by atoms with Crippen molar-refractivity contribution in [3.63, 3.8) is 0 Å². The van der Waals surface area contributed by atoms with Gasteiger partial charge in [-0.25, -0.2) is 0 Å². The van der Waals surface area contributed by atoms with Crippen LogP contribution in [0.2, 0.25) is 0 Å². The zero-order valence-electron chi connectivity index (χ0n) is 30.2. The van der Waals surface area contributed by atoms with Crippen molar-refractivity contribution < 1.29 is 0 Å². The highest BCUT2D eigenvalue weighted by molar-refractivity contribution is 6.22. The molecule has 0 atom stereocenters. The van der Waals surface area contributed by atoms with E-state index in [1.54, 1.807) is 0 Å². The lowest BCUT2D eigenvalue weighted by atomic mass is 9.84. The molecule has 8 aromatic carbocycles. The van der Waals surface area contributed by atoms with Crippen molar-refractivity contribution in [1.29, 1.82) is 0 Å². The molecular weight excluding hydrogens is 649 g/mol. The van der Waals surface area contributed by atoms with Crippen LogP contribution in [0.5, 0.6) is 0 Å². The molecule has 0 saturated carbocycles. The van der Waals surface area contributed by atoms with Gasteiger partial charge in [0.05, 0.1) is 0 Å². The van der Waals surface area contributed by atoms with Gasteiger partial charge < -0.3 is 0 Å². The highest BCUT2D eigenvalue weighted by Gasteiger charge is 2.18. The first kappa shape index (κ1) is 33.1. The van der Waals surface area contributed by atoms with E-state index in [0.717, 1.165) is 12.8 Å². The average molecular weight is 689 g/mol. The van der Waals surface area contributed by atoms with Crippen molar-refractivity contribution in [1.82, 2.24) is 0 Å². The minimum atomic E-state index is 1.10. The fourth-order valence-corrected chi connectivity index (χ4v) is 7.81. The number of benzene rings is 8. The molecule has 0 aromatic heterocycles. The van der Waals surface area contributed by atoms with Gasteiger partial charge in [0, 0.05) is 0 Å². The molecule has 0 N–H and O–H groups in total. The Labute approximate surface area is 318 Å². The summed E-state index contributed by atoms with van der Waals surface area (Å²) in [5.74, 6) is 0. The van der Waals surface area contributed by atoms with Gasteiger partial charge >= 0.3 is 0 Å². The van der Waals surface area contributed by atoms with Crippen molar-refractivity contribution in [2.75, 3.05) is 0 Å². The molecule has 0 unspecified atom stereocenters. The second-order valence-corrected chi connectivity index (χ2v) is 14.0. The molecule has 9 rings (SSSR count). The summed E-state index contributed by atoms with van der Waals surface area (Å²) in [5, 5.41) is 5.01. The monoisotopic (exact) mass is 688 g/mol. The van der Waals surface area contributed by atoms with E-state index < -0.39 is 0 Å². The Morgan fingerprint density at radius 2 is 0.833 bits per heavy atom. The molecule has 0 fully saturated rings. The fourth-order valence-electron chi connectivity index (χ4n) is 7.81. The normalized spacial score (nSPS) is 12.9. The van der Waals surface area contributed by atoms with E-state index in [4.69, 9.17) is 0 Å². The van der Waals surface area contributed by atoms with Crippen LogP contribution in [0.1, 0.15) is 29.5 Å². The Kier molecular flexibility index (Phi) is 9.24. The van der Waals surface area contributed by atoms with E-state index in [9.17, 15) is 0 Å². The van der Waals surface area contributed by atoms with Crippen LogP contribution in [-0.4, -0.2) is 0 Å². The third kappa shape index (κ3) is 6.78. The molecular formula is C54H40.